The average molecular weight is 263 g/mol. The molecule has 0 saturated heterocycles. The Labute approximate surface area is 111 Å². The fourth-order valence-corrected chi connectivity index (χ4v) is 1.14. The van der Waals surface area contributed by atoms with Crippen LogP contribution in [0.3, 0.4) is 0 Å². The van der Waals surface area contributed by atoms with Gasteiger partial charge in [-0.1, -0.05) is 6.08 Å². The van der Waals surface area contributed by atoms with E-state index >= 15 is 0 Å². The molecule has 0 radical (unpaired) electrons. The van der Waals surface area contributed by atoms with E-state index in [1.807, 2.05) is 0 Å². The molecule has 7 nitrogen and oxygen atoms in total. The summed E-state index contributed by atoms with van der Waals surface area (Å²) in [6.07, 6.45) is 1.62. The van der Waals surface area contributed by atoms with Crippen LogP contribution in [0.2, 0.25) is 0 Å². The van der Waals surface area contributed by atoms with Crippen molar-refractivity contribution >= 4 is 17.8 Å². The molecule has 1 heterocycles. The van der Waals surface area contributed by atoms with Crippen molar-refractivity contribution in [2.45, 2.75) is 19.4 Å². The largest absolute Gasteiger partial charge is 0.354 e. The van der Waals surface area contributed by atoms with Crippen molar-refractivity contribution in [3.63, 3.8) is 0 Å². The van der Waals surface area contributed by atoms with Crippen molar-refractivity contribution in [3.05, 3.63) is 30.5 Å². The van der Waals surface area contributed by atoms with Crippen molar-refractivity contribution in [3.8, 4) is 0 Å². The molecule has 0 saturated carbocycles. The summed E-state index contributed by atoms with van der Waals surface area (Å²) >= 11 is 0. The van der Waals surface area contributed by atoms with Gasteiger partial charge < -0.3 is 10.6 Å². The van der Waals surface area contributed by atoms with Gasteiger partial charge in [0.05, 0.1) is 5.54 Å². The molecule has 7 heteroatoms. The maximum atomic E-state index is 11.6. The molecule has 0 bridgehead atoms. The van der Waals surface area contributed by atoms with Gasteiger partial charge in [-0.25, -0.2) is 4.79 Å². The molecule has 0 aromatic carbocycles. The number of carbonyl (C=O) groups is 2. The molecule has 1 aromatic heterocycles. The summed E-state index contributed by atoms with van der Waals surface area (Å²) in [5.74, 6) is -0.0821. The van der Waals surface area contributed by atoms with E-state index in [4.69, 9.17) is 0 Å². The summed E-state index contributed by atoms with van der Waals surface area (Å²) in [6.45, 7) is 7.23. The molecular weight excluding hydrogens is 246 g/mol. The van der Waals surface area contributed by atoms with E-state index in [0.717, 1.165) is 0 Å². The first-order valence-corrected chi connectivity index (χ1v) is 5.66. The zero-order chi connectivity index (χ0) is 14.5. The monoisotopic (exact) mass is 263 g/mol. The summed E-state index contributed by atoms with van der Waals surface area (Å²) in [6, 6.07) is 2.55. The number of hydrogen-bond donors (Lipinski definition) is 3. The van der Waals surface area contributed by atoms with E-state index in [1.165, 1.54) is 19.2 Å². The van der Waals surface area contributed by atoms with Crippen LogP contribution >= 0.6 is 0 Å². The van der Waals surface area contributed by atoms with E-state index in [1.54, 1.807) is 19.9 Å². The van der Waals surface area contributed by atoms with Crippen LogP contribution in [0.15, 0.2) is 24.8 Å². The lowest BCUT2D eigenvalue weighted by Crippen LogP contribution is -2.44. The van der Waals surface area contributed by atoms with E-state index in [0.29, 0.717) is 0 Å². The molecule has 0 aliphatic carbocycles. The Balaban J connectivity index is 2.66. The van der Waals surface area contributed by atoms with Gasteiger partial charge in [0, 0.05) is 7.05 Å². The van der Waals surface area contributed by atoms with Gasteiger partial charge in [-0.3, -0.25) is 10.1 Å². The van der Waals surface area contributed by atoms with Crippen LogP contribution in [-0.2, 0) is 0 Å². The highest BCUT2D eigenvalue weighted by Gasteiger charge is 2.16. The number of amides is 3. The third-order valence-electron chi connectivity index (χ3n) is 2.31. The molecule has 3 N–H and O–H groups in total. The van der Waals surface area contributed by atoms with Crippen LogP contribution in [0.5, 0.6) is 0 Å². The molecule has 0 aliphatic heterocycles. The van der Waals surface area contributed by atoms with Crippen molar-refractivity contribution in [1.82, 2.24) is 20.8 Å². The summed E-state index contributed by atoms with van der Waals surface area (Å²) in [5.41, 5.74) is -0.348. The Morgan fingerprint density at radius 3 is 2.47 bits per heavy atom. The van der Waals surface area contributed by atoms with Crippen LogP contribution in [0.1, 0.15) is 24.3 Å². The molecule has 1 aromatic rings. The van der Waals surface area contributed by atoms with Crippen molar-refractivity contribution in [2.75, 3.05) is 12.4 Å². The first-order valence-electron chi connectivity index (χ1n) is 5.66. The molecule has 1 rings (SSSR count). The molecule has 0 spiro atoms. The van der Waals surface area contributed by atoms with Gasteiger partial charge >= 0.3 is 6.03 Å². The second-order valence-corrected chi connectivity index (χ2v) is 4.39. The Morgan fingerprint density at radius 1 is 1.32 bits per heavy atom. The number of rotatable bonds is 4. The zero-order valence-electron chi connectivity index (χ0n) is 11.2. The Kier molecular flexibility index (Phi) is 4.57. The van der Waals surface area contributed by atoms with Crippen LogP contribution in [0.25, 0.3) is 0 Å². The van der Waals surface area contributed by atoms with Crippen LogP contribution in [0, 0.1) is 0 Å². The highest BCUT2D eigenvalue weighted by molar-refractivity contribution is 5.92. The second kappa shape index (κ2) is 5.94. The average Bonchev–Trinajstić information content (AvgIpc) is 2.38. The first kappa shape index (κ1) is 14.6. The quantitative estimate of drug-likeness (QED) is 0.704. The minimum atomic E-state index is -0.528. The molecule has 0 atom stereocenters. The minimum absolute atomic E-state index is 0.180. The molecule has 19 heavy (non-hydrogen) atoms. The van der Waals surface area contributed by atoms with E-state index < -0.39 is 11.6 Å². The van der Waals surface area contributed by atoms with Crippen LogP contribution in [-0.4, -0.2) is 34.7 Å². The number of anilines is 1. The maximum absolute atomic E-state index is 11.6. The Bertz CT molecular complexity index is 481. The van der Waals surface area contributed by atoms with Gasteiger partial charge in [-0.2, -0.15) is 0 Å². The standard InChI is InChI=1S/C12H17N5O2/c1-5-12(2,3)15-11(19)14-9-7-6-8(16-17-9)10(18)13-4/h5-7H,1H2,2-4H3,(H,13,18)(H2,14,15,17,19). The number of nitrogens with one attached hydrogen (secondary N) is 3. The third-order valence-corrected chi connectivity index (χ3v) is 2.31. The van der Waals surface area contributed by atoms with Crippen LogP contribution < -0.4 is 16.0 Å². The predicted octanol–water partition coefficient (Wildman–Crippen LogP) is 0.922. The fraction of sp³-hybridized carbons (Fsp3) is 0.333. The summed E-state index contributed by atoms with van der Waals surface area (Å²) in [4.78, 5) is 22.9. The molecule has 102 valence electrons. The number of carbonyl (C=O) groups excluding carboxylic acids is 2. The van der Waals surface area contributed by atoms with E-state index in [9.17, 15) is 9.59 Å². The minimum Gasteiger partial charge on any atom is -0.354 e. The third kappa shape index (κ3) is 4.38. The molecule has 0 fully saturated rings. The van der Waals surface area contributed by atoms with Gasteiger partial charge in [0.1, 0.15) is 0 Å². The second-order valence-electron chi connectivity index (χ2n) is 4.39. The SMILES string of the molecule is C=CC(C)(C)NC(=O)Nc1ccc(C(=O)NC)nn1. The van der Waals surface area contributed by atoms with Gasteiger partial charge in [-0.15, -0.1) is 16.8 Å². The lowest BCUT2D eigenvalue weighted by molar-refractivity contribution is 0.0957. The molecular formula is C12H17N5O2. The fourth-order valence-electron chi connectivity index (χ4n) is 1.14. The van der Waals surface area contributed by atoms with Crippen molar-refractivity contribution < 1.29 is 9.59 Å². The Morgan fingerprint density at radius 2 is 2.00 bits per heavy atom. The number of hydrogen-bond acceptors (Lipinski definition) is 4. The summed E-state index contributed by atoms with van der Waals surface area (Å²) in [7, 11) is 1.50. The van der Waals surface area contributed by atoms with Crippen molar-refractivity contribution in [1.29, 1.82) is 0 Å². The molecule has 3 amide bonds. The topological polar surface area (TPSA) is 96.0 Å². The molecule has 0 unspecified atom stereocenters. The smallest absolute Gasteiger partial charge is 0.321 e. The highest BCUT2D eigenvalue weighted by atomic mass is 16.2. The normalized spacial score (nSPS) is 10.5. The maximum Gasteiger partial charge on any atom is 0.321 e. The Hall–Kier alpha value is -2.44. The number of aromatic nitrogens is 2. The molecule has 0 aliphatic rings. The van der Waals surface area contributed by atoms with Crippen molar-refractivity contribution in [2.24, 2.45) is 0 Å². The summed E-state index contributed by atoms with van der Waals surface area (Å²) in [5, 5.41) is 15.1. The number of urea groups is 1. The van der Waals surface area contributed by atoms with Gasteiger partial charge in [0.2, 0.25) is 0 Å². The number of nitrogens with zero attached hydrogens (tertiary/aromatic N) is 2. The van der Waals surface area contributed by atoms with Gasteiger partial charge in [0.25, 0.3) is 5.91 Å². The van der Waals surface area contributed by atoms with E-state index in [2.05, 4.69) is 32.7 Å². The first-order chi connectivity index (χ1) is 8.88. The van der Waals surface area contributed by atoms with Gasteiger partial charge in [0.15, 0.2) is 11.5 Å². The lowest BCUT2D eigenvalue weighted by Gasteiger charge is -2.21. The highest BCUT2D eigenvalue weighted by Crippen LogP contribution is 2.05. The van der Waals surface area contributed by atoms with Gasteiger partial charge in [-0.05, 0) is 26.0 Å². The summed E-state index contributed by atoms with van der Waals surface area (Å²) < 4.78 is 0. The zero-order valence-corrected chi connectivity index (χ0v) is 11.2. The predicted molar refractivity (Wildman–Crippen MR) is 71.9 cm³/mol. The lowest BCUT2D eigenvalue weighted by atomic mass is 10.1. The van der Waals surface area contributed by atoms with E-state index in [-0.39, 0.29) is 17.4 Å². The van der Waals surface area contributed by atoms with Crippen LogP contribution in [0.4, 0.5) is 10.6 Å².